The highest BCUT2D eigenvalue weighted by atomic mass is 16.5. The van der Waals surface area contributed by atoms with Crippen LogP contribution in [-0.2, 0) is 17.8 Å². The van der Waals surface area contributed by atoms with Crippen molar-refractivity contribution in [3.8, 4) is 5.75 Å². The molecule has 0 fully saturated rings. The van der Waals surface area contributed by atoms with Gasteiger partial charge in [0.25, 0.3) is 0 Å². The van der Waals surface area contributed by atoms with Crippen LogP contribution in [0.25, 0.3) is 0 Å². The molecular weight excluding hydrogens is 268 g/mol. The predicted molar refractivity (Wildman–Crippen MR) is 77.6 cm³/mol. The molecule has 1 aromatic carbocycles. The Balaban J connectivity index is 1.89. The Bertz CT molecular complexity index is 663. The number of imidazole rings is 1. The number of aliphatic carboxylic acids is 1. The zero-order chi connectivity index (χ0) is 14.8. The fourth-order valence-electron chi connectivity index (χ4n) is 2.92. The number of benzene rings is 1. The minimum atomic E-state index is -0.760. The Kier molecular flexibility index (Phi) is 3.64. The van der Waals surface area contributed by atoms with Crippen LogP contribution in [0.5, 0.6) is 5.75 Å². The zero-order valence-electron chi connectivity index (χ0n) is 12.0. The Morgan fingerprint density at radius 2 is 2.38 bits per heavy atom. The van der Waals surface area contributed by atoms with Crippen LogP contribution in [-0.4, -0.2) is 27.7 Å². The number of methoxy groups -OCH3 is 1. The van der Waals surface area contributed by atoms with Crippen molar-refractivity contribution in [2.75, 3.05) is 7.11 Å². The summed E-state index contributed by atoms with van der Waals surface area (Å²) < 4.78 is 7.29. The van der Waals surface area contributed by atoms with Crippen LogP contribution in [0.4, 0.5) is 0 Å². The molecule has 3 rings (SSSR count). The number of ether oxygens (including phenoxy) is 1. The summed E-state index contributed by atoms with van der Waals surface area (Å²) in [5.41, 5.74) is 1.94. The summed E-state index contributed by atoms with van der Waals surface area (Å²) in [6.45, 7) is 0.846. The van der Waals surface area contributed by atoms with Crippen LogP contribution >= 0.6 is 0 Å². The number of fused-ring (bicyclic) bond motifs is 1. The monoisotopic (exact) mass is 286 g/mol. The standard InChI is InChI=1S/C16H18N2O3/c1-21-12-5-2-4-11(8-12)9-15-17-10-14-13(16(19)20)6-3-7-18(14)15/h2,4-5,8,10,13H,3,6-7,9H2,1H3,(H,19,20). The molecule has 1 N–H and O–H groups in total. The molecule has 0 saturated carbocycles. The van der Waals surface area contributed by atoms with E-state index in [0.29, 0.717) is 12.8 Å². The van der Waals surface area contributed by atoms with E-state index in [2.05, 4.69) is 9.55 Å². The Morgan fingerprint density at radius 1 is 1.52 bits per heavy atom. The number of carbonyl (C=O) groups is 1. The maximum Gasteiger partial charge on any atom is 0.312 e. The van der Waals surface area contributed by atoms with Crippen LogP contribution in [0, 0.1) is 0 Å². The van der Waals surface area contributed by atoms with Gasteiger partial charge < -0.3 is 14.4 Å². The number of hydrogen-bond donors (Lipinski definition) is 1. The predicted octanol–water partition coefficient (Wildman–Crippen LogP) is 2.44. The first kappa shape index (κ1) is 13.7. The maximum atomic E-state index is 11.3. The van der Waals surface area contributed by atoms with Crippen molar-refractivity contribution in [3.63, 3.8) is 0 Å². The van der Waals surface area contributed by atoms with Crippen LogP contribution in [0.2, 0.25) is 0 Å². The molecule has 1 aliphatic rings. The van der Waals surface area contributed by atoms with Gasteiger partial charge in [0.15, 0.2) is 0 Å². The van der Waals surface area contributed by atoms with E-state index in [0.717, 1.165) is 35.8 Å². The minimum absolute atomic E-state index is 0.426. The second kappa shape index (κ2) is 5.60. The van der Waals surface area contributed by atoms with Gasteiger partial charge >= 0.3 is 5.97 Å². The smallest absolute Gasteiger partial charge is 0.312 e. The molecule has 110 valence electrons. The molecule has 0 spiro atoms. The Labute approximate surface area is 123 Å². The number of aromatic nitrogens is 2. The molecule has 1 aliphatic heterocycles. The summed E-state index contributed by atoms with van der Waals surface area (Å²) in [5.74, 6) is 0.555. The Morgan fingerprint density at radius 3 is 3.14 bits per heavy atom. The van der Waals surface area contributed by atoms with Gasteiger partial charge in [-0.05, 0) is 30.5 Å². The van der Waals surface area contributed by atoms with Crippen LogP contribution in [0.15, 0.2) is 30.5 Å². The first-order valence-corrected chi connectivity index (χ1v) is 7.09. The lowest BCUT2D eigenvalue weighted by Crippen LogP contribution is -2.22. The second-order valence-electron chi connectivity index (χ2n) is 5.31. The first-order valence-electron chi connectivity index (χ1n) is 7.09. The molecule has 0 aliphatic carbocycles. The zero-order valence-corrected chi connectivity index (χ0v) is 12.0. The van der Waals surface area contributed by atoms with E-state index < -0.39 is 11.9 Å². The van der Waals surface area contributed by atoms with E-state index >= 15 is 0 Å². The highest BCUT2D eigenvalue weighted by Crippen LogP contribution is 2.29. The highest BCUT2D eigenvalue weighted by Gasteiger charge is 2.28. The fraction of sp³-hybridized carbons (Fsp3) is 0.375. The molecule has 0 bridgehead atoms. The van der Waals surface area contributed by atoms with E-state index in [1.54, 1.807) is 13.3 Å². The molecule has 0 radical (unpaired) electrons. The third-order valence-electron chi connectivity index (χ3n) is 4.00. The van der Waals surface area contributed by atoms with Gasteiger partial charge in [-0.1, -0.05) is 12.1 Å². The molecule has 1 aromatic heterocycles. The molecule has 2 aromatic rings. The summed E-state index contributed by atoms with van der Waals surface area (Å²) in [6, 6.07) is 7.88. The van der Waals surface area contributed by atoms with Gasteiger partial charge in [-0.15, -0.1) is 0 Å². The summed E-state index contributed by atoms with van der Waals surface area (Å²) in [7, 11) is 1.65. The molecular formula is C16H18N2O3. The summed E-state index contributed by atoms with van der Waals surface area (Å²) in [5, 5.41) is 9.29. The molecule has 21 heavy (non-hydrogen) atoms. The SMILES string of the molecule is COc1cccc(Cc2ncc3n2CCCC3C(=O)O)c1. The topological polar surface area (TPSA) is 64.4 Å². The third-order valence-corrected chi connectivity index (χ3v) is 4.00. The third kappa shape index (κ3) is 2.63. The summed E-state index contributed by atoms with van der Waals surface area (Å²) >= 11 is 0. The van der Waals surface area contributed by atoms with Gasteiger partial charge in [-0.3, -0.25) is 4.79 Å². The van der Waals surface area contributed by atoms with Crippen molar-refractivity contribution >= 4 is 5.97 Å². The van der Waals surface area contributed by atoms with Gasteiger partial charge in [0.1, 0.15) is 11.6 Å². The number of carboxylic acid groups (broad SMARTS) is 1. The average molecular weight is 286 g/mol. The first-order chi connectivity index (χ1) is 10.2. The molecule has 2 heterocycles. The highest BCUT2D eigenvalue weighted by molar-refractivity contribution is 5.75. The molecule has 0 amide bonds. The lowest BCUT2D eigenvalue weighted by molar-refractivity contribution is -0.139. The number of hydrogen-bond acceptors (Lipinski definition) is 3. The van der Waals surface area contributed by atoms with Gasteiger partial charge in [-0.2, -0.15) is 0 Å². The molecule has 1 atom stereocenters. The van der Waals surface area contributed by atoms with Crippen LogP contribution in [0.1, 0.15) is 35.8 Å². The minimum Gasteiger partial charge on any atom is -0.497 e. The van der Waals surface area contributed by atoms with E-state index in [-0.39, 0.29) is 0 Å². The molecule has 1 unspecified atom stereocenters. The van der Waals surface area contributed by atoms with Gasteiger partial charge in [0.2, 0.25) is 0 Å². The van der Waals surface area contributed by atoms with Crippen molar-refractivity contribution in [3.05, 3.63) is 47.5 Å². The molecule has 0 saturated heterocycles. The average Bonchev–Trinajstić information content (AvgIpc) is 2.90. The van der Waals surface area contributed by atoms with Crippen LogP contribution < -0.4 is 4.74 Å². The second-order valence-corrected chi connectivity index (χ2v) is 5.31. The van der Waals surface area contributed by atoms with E-state index in [9.17, 15) is 9.90 Å². The number of rotatable bonds is 4. The van der Waals surface area contributed by atoms with Gasteiger partial charge in [0.05, 0.1) is 18.7 Å². The lowest BCUT2D eigenvalue weighted by Gasteiger charge is -2.22. The van der Waals surface area contributed by atoms with Crippen molar-refractivity contribution in [1.82, 2.24) is 9.55 Å². The number of carboxylic acids is 1. The van der Waals surface area contributed by atoms with Crippen molar-refractivity contribution in [1.29, 1.82) is 0 Å². The molecule has 5 heteroatoms. The van der Waals surface area contributed by atoms with E-state index in [1.165, 1.54) is 0 Å². The summed E-state index contributed by atoms with van der Waals surface area (Å²) in [6.07, 6.45) is 3.97. The normalized spacial score (nSPS) is 17.3. The largest absolute Gasteiger partial charge is 0.497 e. The number of nitrogens with zero attached hydrogens (tertiary/aromatic N) is 2. The van der Waals surface area contributed by atoms with Crippen LogP contribution in [0.3, 0.4) is 0 Å². The molecule has 5 nitrogen and oxygen atoms in total. The van der Waals surface area contributed by atoms with Crippen molar-refractivity contribution in [2.45, 2.75) is 31.7 Å². The van der Waals surface area contributed by atoms with E-state index in [4.69, 9.17) is 4.74 Å². The van der Waals surface area contributed by atoms with Crippen molar-refractivity contribution in [2.24, 2.45) is 0 Å². The maximum absolute atomic E-state index is 11.3. The van der Waals surface area contributed by atoms with Gasteiger partial charge in [0, 0.05) is 19.2 Å². The van der Waals surface area contributed by atoms with Gasteiger partial charge in [-0.25, -0.2) is 4.98 Å². The summed E-state index contributed by atoms with van der Waals surface area (Å²) in [4.78, 5) is 15.8. The van der Waals surface area contributed by atoms with Crippen molar-refractivity contribution < 1.29 is 14.6 Å². The fourth-order valence-corrected chi connectivity index (χ4v) is 2.92. The Hall–Kier alpha value is -2.30. The van der Waals surface area contributed by atoms with E-state index in [1.807, 2.05) is 24.3 Å². The lowest BCUT2D eigenvalue weighted by atomic mass is 9.96. The quantitative estimate of drug-likeness (QED) is 0.937.